The number of nitrogens with zero attached hydrogens (tertiary/aromatic N) is 1. The average Bonchev–Trinajstić information content (AvgIpc) is 2.78. The van der Waals surface area contributed by atoms with Gasteiger partial charge in [0.15, 0.2) is 0 Å². The predicted octanol–water partition coefficient (Wildman–Crippen LogP) is 3.71. The number of amides is 3. The van der Waals surface area contributed by atoms with Crippen molar-refractivity contribution in [3.8, 4) is 0 Å². The van der Waals surface area contributed by atoms with E-state index < -0.39 is 6.04 Å². The van der Waals surface area contributed by atoms with Gasteiger partial charge in [-0.2, -0.15) is 0 Å². The Bertz CT molecular complexity index is 890. The van der Waals surface area contributed by atoms with E-state index in [0.29, 0.717) is 16.8 Å². The first-order valence-corrected chi connectivity index (χ1v) is 10.5. The van der Waals surface area contributed by atoms with Crippen molar-refractivity contribution in [2.24, 2.45) is 5.92 Å². The van der Waals surface area contributed by atoms with Crippen LogP contribution < -0.4 is 10.6 Å². The maximum atomic E-state index is 13.1. The highest BCUT2D eigenvalue weighted by Crippen LogP contribution is 2.18. The van der Waals surface area contributed by atoms with Crippen molar-refractivity contribution in [3.05, 3.63) is 65.7 Å². The lowest BCUT2D eigenvalue weighted by atomic mass is 10.00. The van der Waals surface area contributed by atoms with Crippen LogP contribution in [0.15, 0.2) is 54.6 Å². The molecule has 3 rings (SSSR count). The zero-order valence-electron chi connectivity index (χ0n) is 17.6. The second-order valence-electron chi connectivity index (χ2n) is 7.95. The molecule has 0 aliphatic carbocycles. The smallest absolute Gasteiger partial charge is 0.255 e. The first-order valence-electron chi connectivity index (χ1n) is 10.5. The van der Waals surface area contributed by atoms with Crippen LogP contribution in [0.4, 0.5) is 5.69 Å². The fourth-order valence-electron chi connectivity index (χ4n) is 3.62. The van der Waals surface area contributed by atoms with Gasteiger partial charge in [-0.3, -0.25) is 14.4 Å². The molecule has 158 valence electrons. The average molecular weight is 408 g/mol. The zero-order chi connectivity index (χ0) is 21.5. The molecule has 1 aliphatic heterocycles. The van der Waals surface area contributed by atoms with E-state index in [1.807, 2.05) is 24.8 Å². The van der Waals surface area contributed by atoms with Crippen molar-refractivity contribution < 1.29 is 14.4 Å². The van der Waals surface area contributed by atoms with Crippen LogP contribution >= 0.6 is 0 Å². The van der Waals surface area contributed by atoms with Crippen LogP contribution in [-0.2, 0) is 4.79 Å². The molecule has 1 aliphatic rings. The topological polar surface area (TPSA) is 78.5 Å². The third-order valence-electron chi connectivity index (χ3n) is 5.34. The molecule has 0 aromatic heterocycles. The summed E-state index contributed by atoms with van der Waals surface area (Å²) in [6.07, 6.45) is 3.13. The molecule has 30 heavy (non-hydrogen) atoms. The molecule has 6 nitrogen and oxygen atoms in total. The Labute approximate surface area is 177 Å². The number of hydrogen-bond donors (Lipinski definition) is 2. The normalized spacial score (nSPS) is 14.8. The van der Waals surface area contributed by atoms with Crippen molar-refractivity contribution in [2.45, 2.75) is 39.2 Å². The maximum absolute atomic E-state index is 13.1. The number of carbonyl (C=O) groups is 3. The highest BCUT2D eigenvalue weighted by molar-refractivity contribution is 6.09. The largest absolute Gasteiger partial charge is 0.341 e. The predicted molar refractivity (Wildman–Crippen MR) is 117 cm³/mol. The number of piperidine rings is 1. The Morgan fingerprint density at radius 1 is 0.833 bits per heavy atom. The van der Waals surface area contributed by atoms with Crippen LogP contribution in [0, 0.1) is 5.92 Å². The van der Waals surface area contributed by atoms with Crippen LogP contribution in [-0.4, -0.2) is 41.8 Å². The quantitative estimate of drug-likeness (QED) is 0.766. The summed E-state index contributed by atoms with van der Waals surface area (Å²) in [7, 11) is 0. The Morgan fingerprint density at radius 2 is 1.47 bits per heavy atom. The van der Waals surface area contributed by atoms with E-state index in [0.717, 1.165) is 32.4 Å². The summed E-state index contributed by atoms with van der Waals surface area (Å²) in [6.45, 7) is 5.33. The van der Waals surface area contributed by atoms with Crippen LogP contribution in [0.3, 0.4) is 0 Å². The van der Waals surface area contributed by atoms with Gasteiger partial charge in [0.1, 0.15) is 6.04 Å². The van der Waals surface area contributed by atoms with Crippen LogP contribution in [0.2, 0.25) is 0 Å². The highest BCUT2D eigenvalue weighted by Gasteiger charge is 2.30. The zero-order valence-corrected chi connectivity index (χ0v) is 17.6. The molecule has 6 heteroatoms. The molecule has 0 bridgehead atoms. The molecule has 1 atom stereocenters. The summed E-state index contributed by atoms with van der Waals surface area (Å²) in [5.41, 5.74) is 1.25. The van der Waals surface area contributed by atoms with Gasteiger partial charge in [-0.1, -0.05) is 44.2 Å². The van der Waals surface area contributed by atoms with Crippen LogP contribution in [0.1, 0.15) is 53.8 Å². The van der Waals surface area contributed by atoms with Crippen molar-refractivity contribution in [1.82, 2.24) is 10.2 Å². The molecule has 2 N–H and O–H groups in total. The number of hydrogen-bond acceptors (Lipinski definition) is 3. The van der Waals surface area contributed by atoms with Gasteiger partial charge in [-0.15, -0.1) is 0 Å². The molecule has 0 radical (unpaired) electrons. The van der Waals surface area contributed by atoms with Crippen molar-refractivity contribution in [2.75, 3.05) is 18.4 Å². The van der Waals surface area contributed by atoms with Gasteiger partial charge in [0, 0.05) is 18.7 Å². The van der Waals surface area contributed by atoms with Crippen molar-refractivity contribution in [3.63, 3.8) is 0 Å². The summed E-state index contributed by atoms with van der Waals surface area (Å²) in [6, 6.07) is 15.1. The number of anilines is 1. The minimum absolute atomic E-state index is 0.0381. The van der Waals surface area contributed by atoms with E-state index in [9.17, 15) is 14.4 Å². The minimum Gasteiger partial charge on any atom is -0.341 e. The lowest BCUT2D eigenvalue weighted by Crippen LogP contribution is -2.52. The number of para-hydroxylation sites is 1. The Morgan fingerprint density at radius 3 is 2.13 bits per heavy atom. The maximum Gasteiger partial charge on any atom is 0.255 e. The van der Waals surface area contributed by atoms with E-state index in [1.165, 1.54) is 0 Å². The molecule has 2 aromatic rings. The van der Waals surface area contributed by atoms with Crippen molar-refractivity contribution >= 4 is 23.4 Å². The molecule has 0 saturated carbocycles. The Kier molecular flexibility index (Phi) is 7.22. The van der Waals surface area contributed by atoms with Crippen LogP contribution in [0.25, 0.3) is 0 Å². The summed E-state index contributed by atoms with van der Waals surface area (Å²) in [5.74, 6) is -0.748. The summed E-state index contributed by atoms with van der Waals surface area (Å²) >= 11 is 0. The Hall–Kier alpha value is -3.15. The molecule has 2 aromatic carbocycles. The third kappa shape index (κ3) is 5.26. The van der Waals surface area contributed by atoms with E-state index in [2.05, 4.69) is 10.6 Å². The van der Waals surface area contributed by atoms with Gasteiger partial charge < -0.3 is 15.5 Å². The SMILES string of the molecule is CC(C)[C@H](NC(=O)c1ccccc1NC(=O)c1ccccc1)C(=O)N1CCCCC1. The van der Waals surface area contributed by atoms with E-state index >= 15 is 0 Å². The number of likely N-dealkylation sites (tertiary alicyclic amines) is 1. The molecule has 0 unspecified atom stereocenters. The molecule has 1 heterocycles. The van der Waals surface area contributed by atoms with Gasteiger partial charge in [-0.25, -0.2) is 0 Å². The van der Waals surface area contributed by atoms with Crippen molar-refractivity contribution in [1.29, 1.82) is 0 Å². The van der Waals surface area contributed by atoms with E-state index in [-0.39, 0.29) is 23.6 Å². The molecule has 0 spiro atoms. The summed E-state index contributed by atoms with van der Waals surface area (Å²) in [5, 5.41) is 5.71. The second-order valence-corrected chi connectivity index (χ2v) is 7.95. The summed E-state index contributed by atoms with van der Waals surface area (Å²) < 4.78 is 0. The lowest BCUT2D eigenvalue weighted by molar-refractivity contribution is -0.135. The van der Waals surface area contributed by atoms with Crippen LogP contribution in [0.5, 0.6) is 0 Å². The van der Waals surface area contributed by atoms with Gasteiger partial charge in [-0.05, 0) is 49.4 Å². The second kappa shape index (κ2) is 10.1. The first kappa shape index (κ1) is 21.6. The van der Waals surface area contributed by atoms with Gasteiger partial charge in [0.2, 0.25) is 5.91 Å². The fourth-order valence-corrected chi connectivity index (χ4v) is 3.62. The summed E-state index contributed by atoms with van der Waals surface area (Å²) in [4.78, 5) is 40.4. The molecular weight excluding hydrogens is 378 g/mol. The number of nitrogens with one attached hydrogen (secondary N) is 2. The standard InChI is InChI=1S/C24H29N3O3/c1-17(2)21(24(30)27-15-9-4-10-16-27)26-23(29)19-13-7-8-14-20(19)25-22(28)18-11-5-3-6-12-18/h3,5-8,11-14,17,21H,4,9-10,15-16H2,1-2H3,(H,25,28)(H,26,29)/t21-/m0/s1. The first-order chi connectivity index (χ1) is 14.5. The van der Waals surface area contributed by atoms with Gasteiger partial charge in [0.05, 0.1) is 11.3 Å². The molecular formula is C24H29N3O3. The minimum atomic E-state index is -0.603. The number of rotatable bonds is 6. The number of carbonyl (C=O) groups excluding carboxylic acids is 3. The number of benzene rings is 2. The molecule has 1 fully saturated rings. The monoisotopic (exact) mass is 407 g/mol. The van der Waals surface area contributed by atoms with Gasteiger partial charge >= 0.3 is 0 Å². The fraction of sp³-hybridized carbons (Fsp3) is 0.375. The molecule has 1 saturated heterocycles. The lowest BCUT2D eigenvalue weighted by Gasteiger charge is -2.32. The highest BCUT2D eigenvalue weighted by atomic mass is 16.2. The third-order valence-corrected chi connectivity index (χ3v) is 5.34. The van der Waals surface area contributed by atoms with Gasteiger partial charge in [0.25, 0.3) is 11.8 Å². The molecule has 3 amide bonds. The Balaban J connectivity index is 1.75. The van der Waals surface area contributed by atoms with E-state index in [1.54, 1.807) is 48.5 Å². The van der Waals surface area contributed by atoms with E-state index in [4.69, 9.17) is 0 Å².